The summed E-state index contributed by atoms with van der Waals surface area (Å²) in [5.74, 6) is 0. The van der Waals surface area contributed by atoms with Crippen molar-refractivity contribution in [1.82, 2.24) is 5.48 Å². The fourth-order valence-corrected chi connectivity index (χ4v) is 0.842. The predicted octanol–water partition coefficient (Wildman–Crippen LogP) is 1.90. The third-order valence-electron chi connectivity index (χ3n) is 1.21. The maximum absolute atomic E-state index is 8.41. The smallest absolute Gasteiger partial charge is 0.131 e. The average molecular weight is 158 g/mol. The minimum atomic E-state index is -0.513. The number of benzene rings is 1. The molecule has 54 valence electrons. The number of hydroxylamine groups is 1. The molecule has 1 rings (SSSR count). The zero-order valence-electron chi connectivity index (χ0n) is 5.29. The summed E-state index contributed by atoms with van der Waals surface area (Å²) in [5, 5.41) is 8.41. The zero-order valence-corrected chi connectivity index (χ0v) is 6.05. The van der Waals surface area contributed by atoms with Crippen molar-refractivity contribution in [1.29, 1.82) is 0 Å². The summed E-state index contributed by atoms with van der Waals surface area (Å²) in [7, 11) is 0. The summed E-state index contributed by atoms with van der Waals surface area (Å²) >= 11 is 5.63. The van der Waals surface area contributed by atoms with Crippen LogP contribution in [-0.2, 0) is 0 Å². The molecular weight excluding hydrogens is 150 g/mol. The first-order valence-corrected chi connectivity index (χ1v) is 3.37. The van der Waals surface area contributed by atoms with Gasteiger partial charge in [-0.2, -0.15) is 5.48 Å². The monoisotopic (exact) mass is 157 g/mol. The van der Waals surface area contributed by atoms with E-state index >= 15 is 0 Å². The van der Waals surface area contributed by atoms with Crippen LogP contribution in [0.15, 0.2) is 30.3 Å². The second-order valence-electron chi connectivity index (χ2n) is 1.90. The molecule has 0 fully saturated rings. The second-order valence-corrected chi connectivity index (χ2v) is 2.34. The predicted molar refractivity (Wildman–Crippen MR) is 40.0 cm³/mol. The largest absolute Gasteiger partial charge is 0.315 e. The van der Waals surface area contributed by atoms with Gasteiger partial charge in [0.2, 0.25) is 0 Å². The van der Waals surface area contributed by atoms with Crippen LogP contribution in [0, 0.1) is 0 Å². The van der Waals surface area contributed by atoms with Gasteiger partial charge in [0.05, 0.1) is 0 Å². The number of rotatable bonds is 2. The average Bonchev–Trinajstić information content (AvgIpc) is 2.05. The summed E-state index contributed by atoms with van der Waals surface area (Å²) in [6.45, 7) is 0. The first kappa shape index (κ1) is 7.54. The highest BCUT2D eigenvalue weighted by Crippen LogP contribution is 2.14. The highest BCUT2D eigenvalue weighted by Gasteiger charge is 2.02. The molecule has 2 N–H and O–H groups in total. The lowest BCUT2D eigenvalue weighted by Gasteiger charge is -2.04. The number of alkyl halides is 1. The Bertz CT molecular complexity index is 190. The molecule has 0 aliphatic carbocycles. The SMILES string of the molecule is ONC(Cl)c1ccccc1. The second kappa shape index (κ2) is 3.56. The molecule has 1 aromatic carbocycles. The topological polar surface area (TPSA) is 32.3 Å². The maximum atomic E-state index is 8.41. The summed E-state index contributed by atoms with van der Waals surface area (Å²) in [6.07, 6.45) is 0. The molecule has 0 heterocycles. The highest BCUT2D eigenvalue weighted by molar-refractivity contribution is 6.20. The number of hydrogen-bond acceptors (Lipinski definition) is 2. The van der Waals surface area contributed by atoms with Crippen LogP contribution in [0.2, 0.25) is 0 Å². The van der Waals surface area contributed by atoms with Crippen LogP contribution < -0.4 is 5.48 Å². The lowest BCUT2D eigenvalue weighted by molar-refractivity contribution is 0.155. The fraction of sp³-hybridized carbons (Fsp3) is 0.143. The number of nitrogens with one attached hydrogen (secondary N) is 1. The van der Waals surface area contributed by atoms with Crippen LogP contribution in [0.3, 0.4) is 0 Å². The number of halogens is 1. The minimum Gasteiger partial charge on any atom is -0.315 e. The van der Waals surface area contributed by atoms with E-state index in [1.165, 1.54) is 0 Å². The van der Waals surface area contributed by atoms with Crippen LogP contribution in [0.5, 0.6) is 0 Å². The molecule has 0 bridgehead atoms. The van der Waals surface area contributed by atoms with Crippen molar-refractivity contribution in [2.24, 2.45) is 0 Å². The van der Waals surface area contributed by atoms with Crippen molar-refractivity contribution >= 4 is 11.6 Å². The lowest BCUT2D eigenvalue weighted by Crippen LogP contribution is -2.10. The van der Waals surface area contributed by atoms with Gasteiger partial charge in [-0.1, -0.05) is 41.9 Å². The van der Waals surface area contributed by atoms with Gasteiger partial charge in [-0.05, 0) is 5.56 Å². The molecule has 0 spiro atoms. The summed E-state index contributed by atoms with van der Waals surface area (Å²) in [4.78, 5) is 0. The molecule has 0 saturated carbocycles. The van der Waals surface area contributed by atoms with Crippen molar-refractivity contribution in [2.45, 2.75) is 5.50 Å². The summed E-state index contributed by atoms with van der Waals surface area (Å²) in [6, 6.07) is 9.29. The van der Waals surface area contributed by atoms with Crippen LogP contribution >= 0.6 is 11.6 Å². The van der Waals surface area contributed by atoms with E-state index in [1.54, 1.807) is 0 Å². The van der Waals surface area contributed by atoms with Crippen molar-refractivity contribution in [3.05, 3.63) is 35.9 Å². The van der Waals surface area contributed by atoms with Gasteiger partial charge in [0.15, 0.2) is 0 Å². The molecule has 0 radical (unpaired) electrons. The van der Waals surface area contributed by atoms with Crippen LogP contribution in [-0.4, -0.2) is 5.21 Å². The molecule has 2 nitrogen and oxygen atoms in total. The van der Waals surface area contributed by atoms with Crippen LogP contribution in [0.25, 0.3) is 0 Å². The molecule has 1 atom stereocenters. The van der Waals surface area contributed by atoms with Gasteiger partial charge in [-0.15, -0.1) is 0 Å². The van der Waals surface area contributed by atoms with E-state index in [4.69, 9.17) is 16.8 Å². The minimum absolute atomic E-state index is 0.513. The molecule has 10 heavy (non-hydrogen) atoms. The Balaban J connectivity index is 2.75. The van der Waals surface area contributed by atoms with Gasteiger partial charge >= 0.3 is 0 Å². The number of hydrogen-bond donors (Lipinski definition) is 2. The molecule has 1 unspecified atom stereocenters. The third kappa shape index (κ3) is 1.70. The molecule has 0 amide bonds. The summed E-state index contributed by atoms with van der Waals surface area (Å²) in [5.41, 5.74) is 2.29. The first-order valence-electron chi connectivity index (χ1n) is 2.93. The molecular formula is C7H8ClNO. The van der Waals surface area contributed by atoms with Gasteiger partial charge in [0, 0.05) is 0 Å². The zero-order chi connectivity index (χ0) is 7.40. The van der Waals surface area contributed by atoms with Gasteiger partial charge in [-0.3, -0.25) is 0 Å². The Kier molecular flexibility index (Phi) is 2.68. The molecule has 0 aromatic heterocycles. The van der Waals surface area contributed by atoms with Crippen molar-refractivity contribution < 1.29 is 5.21 Å². The Labute approximate surface area is 64.4 Å². The Morgan fingerprint density at radius 2 is 1.90 bits per heavy atom. The van der Waals surface area contributed by atoms with E-state index in [0.29, 0.717) is 0 Å². The van der Waals surface area contributed by atoms with E-state index in [0.717, 1.165) is 5.56 Å². The van der Waals surface area contributed by atoms with Gasteiger partial charge in [0.25, 0.3) is 0 Å². The molecule has 0 aliphatic rings. The van der Waals surface area contributed by atoms with Gasteiger partial charge in [-0.25, -0.2) is 0 Å². The highest BCUT2D eigenvalue weighted by atomic mass is 35.5. The van der Waals surface area contributed by atoms with E-state index < -0.39 is 5.50 Å². The molecule has 1 aromatic rings. The van der Waals surface area contributed by atoms with Crippen molar-refractivity contribution in [3.63, 3.8) is 0 Å². The van der Waals surface area contributed by atoms with E-state index in [9.17, 15) is 0 Å². The van der Waals surface area contributed by atoms with Crippen LogP contribution in [0.1, 0.15) is 11.1 Å². The molecule has 0 aliphatic heterocycles. The third-order valence-corrected chi connectivity index (χ3v) is 1.56. The van der Waals surface area contributed by atoms with Crippen LogP contribution in [0.4, 0.5) is 0 Å². The Morgan fingerprint density at radius 3 is 2.40 bits per heavy atom. The Hall–Kier alpha value is -0.570. The summed E-state index contributed by atoms with van der Waals surface area (Å²) < 4.78 is 0. The Morgan fingerprint density at radius 1 is 1.30 bits per heavy atom. The normalized spacial score (nSPS) is 13.0. The van der Waals surface area contributed by atoms with Gasteiger partial charge in [0.1, 0.15) is 5.50 Å². The fourth-order valence-electron chi connectivity index (χ4n) is 0.697. The van der Waals surface area contributed by atoms with E-state index in [-0.39, 0.29) is 0 Å². The van der Waals surface area contributed by atoms with Crippen molar-refractivity contribution in [2.75, 3.05) is 0 Å². The molecule has 3 heteroatoms. The van der Waals surface area contributed by atoms with Crippen molar-refractivity contribution in [3.8, 4) is 0 Å². The molecule has 0 saturated heterocycles. The van der Waals surface area contributed by atoms with E-state index in [1.807, 2.05) is 35.8 Å². The first-order chi connectivity index (χ1) is 4.84. The van der Waals surface area contributed by atoms with E-state index in [2.05, 4.69) is 0 Å². The van der Waals surface area contributed by atoms with Gasteiger partial charge < -0.3 is 5.21 Å². The lowest BCUT2D eigenvalue weighted by atomic mass is 10.2. The quantitative estimate of drug-likeness (QED) is 0.391. The standard InChI is InChI=1S/C7H8ClNO/c8-7(9-10)6-4-2-1-3-5-6/h1-5,7,9-10H. The maximum Gasteiger partial charge on any atom is 0.131 e.